The number of urea groups is 1. The molecule has 2 unspecified atom stereocenters. The number of fused-ring (bicyclic) bond motifs is 1. The number of carbonyl (C=O) groups is 3. The van der Waals surface area contributed by atoms with Crippen molar-refractivity contribution in [3.05, 3.63) is 35.9 Å². The highest BCUT2D eigenvalue weighted by molar-refractivity contribution is 8.01. The van der Waals surface area contributed by atoms with Gasteiger partial charge in [-0.2, -0.15) is 0 Å². The summed E-state index contributed by atoms with van der Waals surface area (Å²) in [5, 5.41) is 14.4. The summed E-state index contributed by atoms with van der Waals surface area (Å²) in [6.07, 6.45) is 0.700. The summed E-state index contributed by atoms with van der Waals surface area (Å²) in [5.41, 5.74) is 1.12. The highest BCUT2D eigenvalue weighted by Gasteiger charge is 2.64. The number of carboxylic acids is 1. The van der Waals surface area contributed by atoms with E-state index in [-0.39, 0.29) is 11.3 Å². The fraction of sp³-hybridized carbons (Fsp3) is 0.471. The Labute approximate surface area is 150 Å². The van der Waals surface area contributed by atoms with E-state index < -0.39 is 28.8 Å². The number of aliphatic carboxylic acids is 1. The number of benzene rings is 1. The van der Waals surface area contributed by atoms with Gasteiger partial charge >= 0.3 is 12.0 Å². The van der Waals surface area contributed by atoms with Gasteiger partial charge in [0.05, 0.1) is 0 Å². The lowest BCUT2D eigenvalue weighted by molar-refractivity contribution is -0.159. The monoisotopic (exact) mass is 363 g/mol. The van der Waals surface area contributed by atoms with Crippen molar-refractivity contribution >= 4 is 29.7 Å². The first kappa shape index (κ1) is 17.6. The number of hydrogen-bond acceptors (Lipinski definition) is 4. The van der Waals surface area contributed by atoms with Gasteiger partial charge in [-0.25, -0.2) is 9.59 Å². The van der Waals surface area contributed by atoms with Crippen LogP contribution >= 0.6 is 11.8 Å². The highest BCUT2D eigenvalue weighted by atomic mass is 32.2. The van der Waals surface area contributed by atoms with Crippen LogP contribution in [0.5, 0.6) is 0 Å². The van der Waals surface area contributed by atoms with Gasteiger partial charge in [0, 0.05) is 11.3 Å². The van der Waals surface area contributed by atoms with Crippen LogP contribution in [0.1, 0.15) is 19.4 Å². The normalized spacial score (nSPS) is 26.6. The fourth-order valence-electron chi connectivity index (χ4n) is 3.30. The second kappa shape index (κ2) is 6.59. The molecule has 0 saturated carbocycles. The van der Waals surface area contributed by atoms with Gasteiger partial charge in [-0.3, -0.25) is 4.79 Å². The minimum absolute atomic E-state index is 0.330. The van der Waals surface area contributed by atoms with Crippen LogP contribution in [0.15, 0.2) is 30.3 Å². The first-order chi connectivity index (χ1) is 11.8. The molecular weight excluding hydrogens is 342 g/mol. The molecular formula is C17H21N3O4S. The zero-order valence-electron chi connectivity index (χ0n) is 14.1. The number of carbonyl (C=O) groups excluding carboxylic acids is 2. The molecule has 3 amide bonds. The maximum atomic E-state index is 12.3. The van der Waals surface area contributed by atoms with Crippen LogP contribution < -0.4 is 10.6 Å². The van der Waals surface area contributed by atoms with E-state index in [0.717, 1.165) is 5.56 Å². The second-order valence-electron chi connectivity index (χ2n) is 6.71. The number of amides is 3. The first-order valence-electron chi connectivity index (χ1n) is 8.12. The van der Waals surface area contributed by atoms with E-state index in [9.17, 15) is 19.5 Å². The van der Waals surface area contributed by atoms with Crippen molar-refractivity contribution in [3.63, 3.8) is 0 Å². The van der Waals surface area contributed by atoms with Crippen LogP contribution in [0.3, 0.4) is 0 Å². The molecule has 2 aliphatic rings. The van der Waals surface area contributed by atoms with Gasteiger partial charge in [0.1, 0.15) is 17.5 Å². The molecule has 2 saturated heterocycles. The molecule has 134 valence electrons. The van der Waals surface area contributed by atoms with Crippen LogP contribution in [0.2, 0.25) is 0 Å². The van der Waals surface area contributed by atoms with Gasteiger partial charge in [-0.05, 0) is 25.8 Å². The molecule has 3 rings (SSSR count). The summed E-state index contributed by atoms with van der Waals surface area (Å²) in [6, 6.07) is 7.82. The molecule has 2 fully saturated rings. The first-order valence-corrected chi connectivity index (χ1v) is 9.00. The molecule has 7 nitrogen and oxygen atoms in total. The van der Waals surface area contributed by atoms with Crippen molar-refractivity contribution in [1.29, 1.82) is 0 Å². The molecule has 0 radical (unpaired) electrons. The minimum atomic E-state index is -1.01. The maximum absolute atomic E-state index is 12.3. The third-order valence-electron chi connectivity index (χ3n) is 4.50. The Morgan fingerprint density at radius 2 is 1.96 bits per heavy atom. The van der Waals surface area contributed by atoms with E-state index in [1.807, 2.05) is 30.3 Å². The Bertz CT molecular complexity index is 694. The topological polar surface area (TPSA) is 98.7 Å². The lowest BCUT2D eigenvalue weighted by Gasteiger charge is -2.43. The average Bonchev–Trinajstić information content (AvgIpc) is 2.82. The zero-order chi connectivity index (χ0) is 18.2. The van der Waals surface area contributed by atoms with Gasteiger partial charge < -0.3 is 20.6 Å². The summed E-state index contributed by atoms with van der Waals surface area (Å²) >= 11 is 1.41. The molecule has 3 atom stereocenters. The van der Waals surface area contributed by atoms with E-state index in [0.29, 0.717) is 13.0 Å². The molecule has 2 aliphatic heterocycles. The molecule has 8 heteroatoms. The molecule has 0 aliphatic carbocycles. The van der Waals surface area contributed by atoms with Crippen LogP contribution in [0.25, 0.3) is 0 Å². The summed E-state index contributed by atoms with van der Waals surface area (Å²) < 4.78 is -0.591. The Hall–Kier alpha value is -2.22. The van der Waals surface area contributed by atoms with E-state index in [1.165, 1.54) is 16.7 Å². The van der Waals surface area contributed by atoms with Crippen molar-refractivity contribution in [1.82, 2.24) is 15.5 Å². The molecule has 0 bridgehead atoms. The van der Waals surface area contributed by atoms with Crippen molar-refractivity contribution in [2.45, 2.75) is 42.5 Å². The number of carboxylic acid groups (broad SMARTS) is 1. The van der Waals surface area contributed by atoms with Crippen LogP contribution in [0.4, 0.5) is 4.79 Å². The average molecular weight is 363 g/mol. The van der Waals surface area contributed by atoms with Crippen LogP contribution in [-0.2, 0) is 16.0 Å². The Morgan fingerprint density at radius 3 is 2.60 bits per heavy atom. The minimum Gasteiger partial charge on any atom is -0.480 e. The summed E-state index contributed by atoms with van der Waals surface area (Å²) in [4.78, 5) is 37.1. The number of nitrogens with one attached hydrogen (secondary N) is 2. The number of nitrogens with zero attached hydrogens (tertiary/aromatic N) is 1. The van der Waals surface area contributed by atoms with E-state index in [2.05, 4.69) is 10.6 Å². The summed E-state index contributed by atoms with van der Waals surface area (Å²) in [6.45, 7) is 4.07. The smallest absolute Gasteiger partial charge is 0.327 e. The molecule has 0 spiro atoms. The van der Waals surface area contributed by atoms with Gasteiger partial charge in [0.25, 0.3) is 0 Å². The largest absolute Gasteiger partial charge is 0.480 e. The van der Waals surface area contributed by atoms with E-state index in [1.54, 1.807) is 13.8 Å². The molecule has 1 aromatic rings. The van der Waals surface area contributed by atoms with Crippen molar-refractivity contribution in [3.8, 4) is 0 Å². The molecule has 25 heavy (non-hydrogen) atoms. The zero-order valence-corrected chi connectivity index (χ0v) is 14.9. The third kappa shape index (κ3) is 3.30. The van der Waals surface area contributed by atoms with Gasteiger partial charge in [0.2, 0.25) is 5.91 Å². The van der Waals surface area contributed by atoms with Gasteiger partial charge in [-0.15, -0.1) is 11.8 Å². The lowest BCUT2D eigenvalue weighted by Crippen LogP contribution is -2.71. The predicted molar refractivity (Wildman–Crippen MR) is 94.2 cm³/mol. The highest BCUT2D eigenvalue weighted by Crippen LogP contribution is 2.50. The number of hydrogen-bond donors (Lipinski definition) is 3. The maximum Gasteiger partial charge on any atom is 0.327 e. The van der Waals surface area contributed by atoms with Gasteiger partial charge in [-0.1, -0.05) is 30.3 Å². The summed E-state index contributed by atoms with van der Waals surface area (Å²) in [5.74, 6) is -1.35. The SMILES string of the molecule is CC1(C)SC2C(NC(=O)NCCc3ccccc3)C(=O)N2[C@H]1C(=O)O. The van der Waals surface area contributed by atoms with Crippen molar-refractivity contribution in [2.24, 2.45) is 0 Å². The number of thioether (sulfide) groups is 1. The molecule has 2 heterocycles. The lowest BCUT2D eigenvalue weighted by atomic mass is 9.96. The Kier molecular flexibility index (Phi) is 4.64. The Morgan fingerprint density at radius 1 is 1.28 bits per heavy atom. The van der Waals surface area contributed by atoms with E-state index in [4.69, 9.17) is 0 Å². The quantitative estimate of drug-likeness (QED) is 0.679. The van der Waals surface area contributed by atoms with Crippen molar-refractivity contribution in [2.75, 3.05) is 6.54 Å². The Balaban J connectivity index is 1.52. The van der Waals surface area contributed by atoms with Gasteiger partial charge in [0.15, 0.2) is 0 Å². The van der Waals surface area contributed by atoms with Crippen molar-refractivity contribution < 1.29 is 19.5 Å². The molecule has 0 aromatic heterocycles. The van der Waals surface area contributed by atoms with E-state index >= 15 is 0 Å². The summed E-state index contributed by atoms with van der Waals surface area (Å²) in [7, 11) is 0. The van der Waals surface area contributed by atoms with Crippen LogP contribution in [-0.4, -0.2) is 56.7 Å². The molecule has 3 N–H and O–H groups in total. The molecule has 1 aromatic carbocycles. The fourth-order valence-corrected chi connectivity index (χ4v) is 4.93. The standard InChI is InChI=1S/C17H21N3O4S/c1-17(2)12(15(22)23)20-13(21)11(14(20)25-17)19-16(24)18-9-8-10-6-4-3-5-7-10/h3-7,11-12,14H,8-9H2,1-2H3,(H,22,23)(H2,18,19,24)/t11?,12-,14?/m0/s1. The second-order valence-corrected chi connectivity index (χ2v) is 8.48. The predicted octanol–water partition coefficient (Wildman–Crippen LogP) is 1.04. The number of β-lactam (4-membered cyclic amide) rings is 1. The third-order valence-corrected chi connectivity index (χ3v) is 6.08. The van der Waals surface area contributed by atoms with Crippen LogP contribution in [0, 0.1) is 0 Å². The number of rotatable bonds is 5.